The minimum Gasteiger partial charge on any atom is -0.490 e. The molecular formula is C24H24FN3O2S. The largest absolute Gasteiger partial charge is 0.490 e. The number of benzene rings is 3. The Morgan fingerprint density at radius 3 is 2.55 bits per heavy atom. The van der Waals surface area contributed by atoms with E-state index >= 15 is 0 Å². The molecule has 7 heteroatoms. The van der Waals surface area contributed by atoms with Crippen molar-refractivity contribution in [2.45, 2.75) is 19.3 Å². The van der Waals surface area contributed by atoms with E-state index in [2.05, 4.69) is 10.2 Å². The molecule has 0 spiro atoms. The molecule has 0 aromatic heterocycles. The third-order valence-corrected chi connectivity index (χ3v) is 5.06. The molecule has 160 valence electrons. The molecule has 5 nitrogen and oxygen atoms in total. The van der Waals surface area contributed by atoms with Crippen LogP contribution in [-0.2, 0) is 12.4 Å². The fraction of sp³-hybridized carbons (Fsp3) is 0.167. The fourth-order valence-electron chi connectivity index (χ4n) is 2.68. The standard InChI is InChI=1S/C24H24FN3O2S/c1-2-29-23-14-19(12-13-22(23)30-16-20-10-6-7-11-21(20)25)15-27-28-24(26)31-17-18-8-4-3-5-9-18/h3-15H,2,16-17H2,1H3,(H2,26,28). The van der Waals surface area contributed by atoms with Crippen molar-refractivity contribution >= 4 is 23.1 Å². The van der Waals surface area contributed by atoms with Crippen molar-refractivity contribution < 1.29 is 13.9 Å². The van der Waals surface area contributed by atoms with Crippen LogP contribution < -0.4 is 15.2 Å². The Morgan fingerprint density at radius 1 is 1.00 bits per heavy atom. The number of amidine groups is 1. The Morgan fingerprint density at radius 2 is 1.77 bits per heavy atom. The smallest absolute Gasteiger partial charge is 0.180 e. The molecule has 0 unspecified atom stereocenters. The van der Waals surface area contributed by atoms with Crippen LogP contribution in [0.25, 0.3) is 0 Å². The number of hydrogen-bond acceptors (Lipinski definition) is 5. The topological polar surface area (TPSA) is 69.2 Å². The highest BCUT2D eigenvalue weighted by molar-refractivity contribution is 8.13. The Hall–Kier alpha value is -3.32. The van der Waals surface area contributed by atoms with E-state index in [1.54, 1.807) is 36.5 Å². The van der Waals surface area contributed by atoms with E-state index in [-0.39, 0.29) is 12.4 Å². The van der Waals surface area contributed by atoms with Gasteiger partial charge in [-0.3, -0.25) is 0 Å². The lowest BCUT2D eigenvalue weighted by Gasteiger charge is -2.13. The maximum Gasteiger partial charge on any atom is 0.180 e. The van der Waals surface area contributed by atoms with E-state index in [1.165, 1.54) is 23.4 Å². The van der Waals surface area contributed by atoms with Gasteiger partial charge in [-0.05, 0) is 42.3 Å². The summed E-state index contributed by atoms with van der Waals surface area (Å²) in [5.74, 6) is 1.51. The minimum atomic E-state index is -0.301. The van der Waals surface area contributed by atoms with Crippen molar-refractivity contribution in [3.63, 3.8) is 0 Å². The Balaban J connectivity index is 1.62. The van der Waals surface area contributed by atoms with Crippen molar-refractivity contribution in [2.24, 2.45) is 15.9 Å². The van der Waals surface area contributed by atoms with Gasteiger partial charge < -0.3 is 15.2 Å². The summed E-state index contributed by atoms with van der Waals surface area (Å²) in [5, 5.41) is 8.48. The second-order valence-corrected chi connectivity index (χ2v) is 7.47. The molecule has 0 saturated carbocycles. The van der Waals surface area contributed by atoms with E-state index < -0.39 is 0 Å². The predicted molar refractivity (Wildman–Crippen MR) is 125 cm³/mol. The van der Waals surface area contributed by atoms with Gasteiger partial charge in [0.15, 0.2) is 16.7 Å². The minimum absolute atomic E-state index is 0.111. The number of ether oxygens (including phenoxy) is 2. The highest BCUT2D eigenvalue weighted by Gasteiger charge is 2.08. The van der Waals surface area contributed by atoms with Crippen molar-refractivity contribution in [2.75, 3.05) is 6.61 Å². The Labute approximate surface area is 185 Å². The SMILES string of the molecule is CCOc1cc(C=NN=C(N)SCc2ccccc2)ccc1OCc1ccccc1F. The van der Waals surface area contributed by atoms with E-state index in [0.717, 1.165) is 11.3 Å². The number of nitrogens with zero attached hydrogens (tertiary/aromatic N) is 2. The molecular weight excluding hydrogens is 413 g/mol. The third kappa shape index (κ3) is 7.15. The summed E-state index contributed by atoms with van der Waals surface area (Å²) >= 11 is 1.42. The molecule has 31 heavy (non-hydrogen) atoms. The first kappa shape index (κ1) is 22.4. The van der Waals surface area contributed by atoms with Crippen molar-refractivity contribution in [1.29, 1.82) is 0 Å². The molecule has 3 aromatic carbocycles. The maximum atomic E-state index is 13.8. The number of thioether (sulfide) groups is 1. The zero-order valence-electron chi connectivity index (χ0n) is 17.2. The lowest BCUT2D eigenvalue weighted by atomic mass is 10.2. The number of hydrogen-bond donors (Lipinski definition) is 1. The highest BCUT2D eigenvalue weighted by Crippen LogP contribution is 2.29. The highest BCUT2D eigenvalue weighted by atomic mass is 32.2. The van der Waals surface area contributed by atoms with Gasteiger partial charge in [0.1, 0.15) is 12.4 Å². The number of halogens is 1. The second-order valence-electron chi connectivity index (χ2n) is 6.48. The summed E-state index contributed by atoms with van der Waals surface area (Å²) in [7, 11) is 0. The molecule has 0 saturated heterocycles. The molecule has 0 aliphatic carbocycles. The second kappa shape index (κ2) is 11.8. The van der Waals surface area contributed by atoms with Crippen LogP contribution in [-0.4, -0.2) is 18.0 Å². The van der Waals surface area contributed by atoms with Crippen LogP contribution in [0.5, 0.6) is 11.5 Å². The lowest BCUT2D eigenvalue weighted by molar-refractivity contribution is 0.266. The van der Waals surface area contributed by atoms with Crippen molar-refractivity contribution in [3.8, 4) is 11.5 Å². The van der Waals surface area contributed by atoms with Gasteiger partial charge in [0.05, 0.1) is 12.8 Å². The molecule has 0 heterocycles. The summed E-state index contributed by atoms with van der Waals surface area (Å²) < 4.78 is 25.2. The Bertz CT molecular complexity index is 1040. The first-order valence-corrected chi connectivity index (χ1v) is 10.8. The third-order valence-electron chi connectivity index (χ3n) is 4.20. The summed E-state index contributed by atoms with van der Waals surface area (Å²) in [6, 6.07) is 21.9. The molecule has 0 amide bonds. The quantitative estimate of drug-likeness (QED) is 0.277. The van der Waals surface area contributed by atoms with Crippen LogP contribution in [0.2, 0.25) is 0 Å². The van der Waals surface area contributed by atoms with E-state index in [0.29, 0.717) is 28.8 Å². The summed E-state index contributed by atoms with van der Waals surface area (Å²) in [5.41, 5.74) is 8.35. The normalized spacial score (nSPS) is 11.6. The molecule has 3 aromatic rings. The maximum absolute atomic E-state index is 13.8. The van der Waals surface area contributed by atoms with Crippen LogP contribution in [0.4, 0.5) is 4.39 Å². The van der Waals surface area contributed by atoms with Crippen molar-refractivity contribution in [3.05, 3.63) is 95.3 Å². The molecule has 0 atom stereocenters. The summed E-state index contributed by atoms with van der Waals surface area (Å²) in [4.78, 5) is 0. The summed E-state index contributed by atoms with van der Waals surface area (Å²) in [6.45, 7) is 2.47. The molecule has 2 N–H and O–H groups in total. The first-order valence-electron chi connectivity index (χ1n) is 9.82. The zero-order valence-corrected chi connectivity index (χ0v) is 18.0. The molecule has 0 radical (unpaired) electrons. The van der Waals surface area contributed by atoms with Crippen LogP contribution >= 0.6 is 11.8 Å². The molecule has 0 fully saturated rings. The molecule has 0 aliphatic heterocycles. The lowest BCUT2D eigenvalue weighted by Crippen LogP contribution is -2.06. The zero-order chi connectivity index (χ0) is 21.9. The molecule has 0 bridgehead atoms. The van der Waals surface area contributed by atoms with Gasteiger partial charge in [-0.25, -0.2) is 4.39 Å². The van der Waals surface area contributed by atoms with Crippen LogP contribution in [0.15, 0.2) is 83.0 Å². The van der Waals surface area contributed by atoms with Crippen LogP contribution in [0.1, 0.15) is 23.6 Å². The van der Waals surface area contributed by atoms with Gasteiger partial charge in [-0.2, -0.15) is 5.10 Å². The van der Waals surface area contributed by atoms with E-state index in [1.807, 2.05) is 43.3 Å². The molecule has 3 rings (SSSR count). The van der Waals surface area contributed by atoms with Gasteiger partial charge in [-0.15, -0.1) is 5.10 Å². The number of nitrogens with two attached hydrogens (primary N) is 1. The average Bonchev–Trinajstić information content (AvgIpc) is 2.79. The van der Waals surface area contributed by atoms with E-state index in [4.69, 9.17) is 15.2 Å². The van der Waals surface area contributed by atoms with Gasteiger partial charge in [0.25, 0.3) is 0 Å². The predicted octanol–water partition coefficient (Wildman–Crippen LogP) is 5.39. The molecule has 0 aliphatic rings. The summed E-state index contributed by atoms with van der Waals surface area (Å²) in [6.07, 6.45) is 1.60. The average molecular weight is 438 g/mol. The van der Waals surface area contributed by atoms with Gasteiger partial charge in [-0.1, -0.05) is 60.3 Å². The van der Waals surface area contributed by atoms with Gasteiger partial charge >= 0.3 is 0 Å². The van der Waals surface area contributed by atoms with Crippen LogP contribution in [0, 0.1) is 5.82 Å². The monoisotopic (exact) mass is 437 g/mol. The van der Waals surface area contributed by atoms with Crippen LogP contribution in [0.3, 0.4) is 0 Å². The first-order chi connectivity index (χ1) is 15.2. The fourth-order valence-corrected chi connectivity index (χ4v) is 3.29. The van der Waals surface area contributed by atoms with E-state index in [9.17, 15) is 4.39 Å². The van der Waals surface area contributed by atoms with Crippen molar-refractivity contribution in [1.82, 2.24) is 0 Å². The number of rotatable bonds is 9. The van der Waals surface area contributed by atoms with Gasteiger partial charge in [0.2, 0.25) is 0 Å². The van der Waals surface area contributed by atoms with Gasteiger partial charge in [0, 0.05) is 11.3 Å². The Kier molecular flexibility index (Phi) is 8.48.